The van der Waals surface area contributed by atoms with Gasteiger partial charge < -0.3 is 20.2 Å². The van der Waals surface area contributed by atoms with Gasteiger partial charge in [0.1, 0.15) is 11.6 Å². The molecule has 2 aromatic heterocycles. The van der Waals surface area contributed by atoms with Crippen LogP contribution >= 0.6 is 0 Å². The van der Waals surface area contributed by atoms with Crippen LogP contribution in [0.1, 0.15) is 41.5 Å². The molecule has 4 rings (SSSR count). The average molecular weight is 432 g/mol. The summed E-state index contributed by atoms with van der Waals surface area (Å²) >= 11 is 0. The summed E-state index contributed by atoms with van der Waals surface area (Å²) in [5.74, 6) is 0.621. The molecular formula is C24H24N4O4. The van der Waals surface area contributed by atoms with E-state index in [9.17, 15) is 9.59 Å². The molecule has 0 saturated heterocycles. The zero-order chi connectivity index (χ0) is 22.7. The van der Waals surface area contributed by atoms with E-state index < -0.39 is 5.97 Å². The van der Waals surface area contributed by atoms with Crippen molar-refractivity contribution in [2.75, 3.05) is 12.4 Å². The standard InChI is InChI=1S/C24H24N4O4/c1-3-17(25)22-27-19-11-7-10-18(26-14-16-12-13-20(32-16)24(30)31-2)21(19)23(29)28(22)15-8-5-4-6-9-15/h4-13,17,26H,3,14,25H2,1-2H3/t17-/m0/s1. The molecule has 8 heteroatoms. The zero-order valence-corrected chi connectivity index (χ0v) is 17.9. The Hall–Kier alpha value is -3.91. The lowest BCUT2D eigenvalue weighted by molar-refractivity contribution is 0.0563. The van der Waals surface area contributed by atoms with Crippen LogP contribution in [0.2, 0.25) is 0 Å². The van der Waals surface area contributed by atoms with Crippen molar-refractivity contribution in [3.05, 3.63) is 88.4 Å². The van der Waals surface area contributed by atoms with Crippen molar-refractivity contribution in [2.24, 2.45) is 5.73 Å². The number of hydrogen-bond acceptors (Lipinski definition) is 7. The molecule has 8 nitrogen and oxygen atoms in total. The first kappa shape index (κ1) is 21.3. The molecule has 4 aromatic rings. The van der Waals surface area contributed by atoms with Crippen LogP contribution in [0.5, 0.6) is 0 Å². The monoisotopic (exact) mass is 432 g/mol. The van der Waals surface area contributed by atoms with Crippen molar-refractivity contribution in [2.45, 2.75) is 25.9 Å². The molecule has 0 amide bonds. The van der Waals surface area contributed by atoms with Crippen LogP contribution in [0, 0.1) is 0 Å². The summed E-state index contributed by atoms with van der Waals surface area (Å²) in [5.41, 5.74) is 7.97. The van der Waals surface area contributed by atoms with E-state index in [4.69, 9.17) is 15.1 Å². The number of carbonyl (C=O) groups is 1. The number of fused-ring (bicyclic) bond motifs is 1. The Morgan fingerprint density at radius 2 is 1.94 bits per heavy atom. The van der Waals surface area contributed by atoms with Gasteiger partial charge >= 0.3 is 5.97 Å². The Morgan fingerprint density at radius 1 is 1.16 bits per heavy atom. The topological polar surface area (TPSA) is 112 Å². The number of ether oxygens (including phenoxy) is 1. The molecule has 32 heavy (non-hydrogen) atoms. The van der Waals surface area contributed by atoms with Crippen LogP contribution in [-0.4, -0.2) is 22.6 Å². The SMILES string of the molecule is CC[C@H](N)c1nc2cccc(NCc3ccc(C(=O)OC)o3)c2c(=O)n1-c1ccccc1. The second kappa shape index (κ2) is 9.07. The van der Waals surface area contributed by atoms with Gasteiger partial charge in [-0.05, 0) is 42.8 Å². The molecule has 0 aliphatic carbocycles. The number of nitrogens with zero attached hydrogens (tertiary/aromatic N) is 2. The summed E-state index contributed by atoms with van der Waals surface area (Å²) < 4.78 is 11.7. The fourth-order valence-corrected chi connectivity index (χ4v) is 3.52. The molecule has 1 atom stereocenters. The molecule has 2 aromatic carbocycles. The maximum absolute atomic E-state index is 13.7. The molecule has 164 valence electrons. The van der Waals surface area contributed by atoms with Crippen LogP contribution in [0.4, 0.5) is 5.69 Å². The molecular weight excluding hydrogens is 408 g/mol. The quantitative estimate of drug-likeness (QED) is 0.427. The van der Waals surface area contributed by atoms with Gasteiger partial charge in [0.25, 0.3) is 5.56 Å². The Kier molecular flexibility index (Phi) is 6.04. The average Bonchev–Trinajstić information content (AvgIpc) is 3.31. The van der Waals surface area contributed by atoms with Gasteiger partial charge in [-0.2, -0.15) is 0 Å². The van der Waals surface area contributed by atoms with Crippen molar-refractivity contribution in [1.82, 2.24) is 9.55 Å². The number of para-hydroxylation sites is 1. The second-order valence-corrected chi connectivity index (χ2v) is 7.27. The minimum atomic E-state index is -0.545. The van der Waals surface area contributed by atoms with E-state index in [1.807, 2.05) is 49.4 Å². The van der Waals surface area contributed by atoms with Gasteiger partial charge in [0.15, 0.2) is 0 Å². The van der Waals surface area contributed by atoms with Crippen LogP contribution in [0.15, 0.2) is 69.9 Å². The lowest BCUT2D eigenvalue weighted by atomic mass is 10.1. The summed E-state index contributed by atoms with van der Waals surface area (Å²) in [4.78, 5) is 30.0. The summed E-state index contributed by atoms with van der Waals surface area (Å²) in [6.45, 7) is 2.23. The summed E-state index contributed by atoms with van der Waals surface area (Å²) in [6.07, 6.45) is 0.643. The van der Waals surface area contributed by atoms with Crippen LogP contribution in [-0.2, 0) is 11.3 Å². The van der Waals surface area contributed by atoms with Gasteiger partial charge in [-0.3, -0.25) is 9.36 Å². The number of anilines is 1. The smallest absolute Gasteiger partial charge is 0.373 e. The Balaban J connectivity index is 1.79. The maximum Gasteiger partial charge on any atom is 0.373 e. The van der Waals surface area contributed by atoms with Crippen LogP contribution in [0.3, 0.4) is 0 Å². The van der Waals surface area contributed by atoms with E-state index >= 15 is 0 Å². The number of benzene rings is 2. The molecule has 0 spiro atoms. The largest absolute Gasteiger partial charge is 0.463 e. The molecule has 0 fully saturated rings. The molecule has 0 radical (unpaired) electrons. The third-order valence-corrected chi connectivity index (χ3v) is 5.21. The highest BCUT2D eigenvalue weighted by molar-refractivity contribution is 5.91. The van der Waals surface area contributed by atoms with E-state index in [0.717, 1.165) is 0 Å². The minimum Gasteiger partial charge on any atom is -0.463 e. The third kappa shape index (κ3) is 4.00. The minimum absolute atomic E-state index is 0.119. The van der Waals surface area contributed by atoms with Gasteiger partial charge in [0.2, 0.25) is 5.76 Å². The van der Waals surface area contributed by atoms with Crippen molar-refractivity contribution in [3.63, 3.8) is 0 Å². The summed E-state index contributed by atoms with van der Waals surface area (Å²) in [6, 6.07) is 17.6. The number of carbonyl (C=O) groups excluding carboxylic acids is 1. The highest BCUT2D eigenvalue weighted by Gasteiger charge is 2.19. The van der Waals surface area contributed by atoms with E-state index in [0.29, 0.717) is 40.3 Å². The number of methoxy groups -OCH3 is 1. The number of furan rings is 1. The van der Waals surface area contributed by atoms with Crippen molar-refractivity contribution in [3.8, 4) is 5.69 Å². The normalized spacial score (nSPS) is 12.0. The van der Waals surface area contributed by atoms with Crippen molar-refractivity contribution < 1.29 is 13.9 Å². The fraction of sp³-hybridized carbons (Fsp3) is 0.208. The van der Waals surface area contributed by atoms with Gasteiger partial charge in [0, 0.05) is 5.69 Å². The Morgan fingerprint density at radius 3 is 2.66 bits per heavy atom. The Bertz CT molecular complexity index is 1310. The van der Waals surface area contributed by atoms with Crippen molar-refractivity contribution >= 4 is 22.6 Å². The third-order valence-electron chi connectivity index (χ3n) is 5.21. The highest BCUT2D eigenvalue weighted by atomic mass is 16.5. The maximum atomic E-state index is 13.7. The summed E-state index contributed by atoms with van der Waals surface area (Å²) in [7, 11) is 1.29. The van der Waals surface area contributed by atoms with E-state index in [-0.39, 0.29) is 23.9 Å². The van der Waals surface area contributed by atoms with Gasteiger partial charge in [-0.25, -0.2) is 9.78 Å². The molecule has 0 aliphatic heterocycles. The Labute approximate surface area is 184 Å². The van der Waals surface area contributed by atoms with Crippen LogP contribution in [0.25, 0.3) is 16.6 Å². The molecule has 2 heterocycles. The van der Waals surface area contributed by atoms with Gasteiger partial charge in [-0.1, -0.05) is 31.2 Å². The number of esters is 1. The lowest BCUT2D eigenvalue weighted by Crippen LogP contribution is -2.28. The van der Waals surface area contributed by atoms with E-state index in [2.05, 4.69) is 10.1 Å². The first-order valence-electron chi connectivity index (χ1n) is 10.3. The van der Waals surface area contributed by atoms with E-state index in [1.165, 1.54) is 7.11 Å². The molecule has 0 unspecified atom stereocenters. The van der Waals surface area contributed by atoms with Gasteiger partial charge in [-0.15, -0.1) is 0 Å². The zero-order valence-electron chi connectivity index (χ0n) is 17.9. The van der Waals surface area contributed by atoms with Gasteiger partial charge in [0.05, 0.1) is 36.3 Å². The predicted molar refractivity (Wildman–Crippen MR) is 122 cm³/mol. The number of hydrogen-bond donors (Lipinski definition) is 2. The molecule has 3 N–H and O–H groups in total. The number of nitrogens with one attached hydrogen (secondary N) is 1. The van der Waals surface area contributed by atoms with Crippen LogP contribution < -0.4 is 16.6 Å². The highest BCUT2D eigenvalue weighted by Crippen LogP contribution is 2.24. The first-order chi connectivity index (χ1) is 15.5. The number of aromatic nitrogens is 2. The number of rotatable bonds is 7. The van der Waals surface area contributed by atoms with E-state index in [1.54, 1.807) is 22.8 Å². The first-order valence-corrected chi connectivity index (χ1v) is 10.3. The lowest BCUT2D eigenvalue weighted by Gasteiger charge is -2.18. The fourth-order valence-electron chi connectivity index (χ4n) is 3.52. The molecule has 0 bridgehead atoms. The second-order valence-electron chi connectivity index (χ2n) is 7.27. The number of nitrogens with two attached hydrogens (primary N) is 1. The molecule has 0 aliphatic rings. The van der Waals surface area contributed by atoms with Crippen molar-refractivity contribution in [1.29, 1.82) is 0 Å². The predicted octanol–water partition coefficient (Wildman–Crippen LogP) is 3.79. The summed E-state index contributed by atoms with van der Waals surface area (Å²) in [5, 5.41) is 3.67. The molecule has 0 saturated carbocycles.